The van der Waals surface area contributed by atoms with Crippen LogP contribution in [0.5, 0.6) is 0 Å². The molecule has 4 atom stereocenters. The normalized spacial score (nSPS) is 28.3. The number of fused-ring (bicyclic) bond motifs is 2. The second-order valence-corrected chi connectivity index (χ2v) is 6.39. The van der Waals surface area contributed by atoms with Crippen molar-refractivity contribution in [3.63, 3.8) is 0 Å². The van der Waals surface area contributed by atoms with E-state index in [1.807, 2.05) is 0 Å². The second kappa shape index (κ2) is 5.92. The first-order valence-electron chi connectivity index (χ1n) is 7.73. The van der Waals surface area contributed by atoms with E-state index in [9.17, 15) is 9.59 Å². The van der Waals surface area contributed by atoms with Crippen molar-refractivity contribution in [1.82, 2.24) is 10.6 Å². The number of carbonyl (C=O) groups excluding carboxylic acids is 2. The Bertz CT molecular complexity index is 512. The van der Waals surface area contributed by atoms with Crippen LogP contribution in [0.25, 0.3) is 0 Å². The Balaban J connectivity index is 1.43. The highest BCUT2D eigenvalue weighted by Crippen LogP contribution is 2.49. The predicted octanol–water partition coefficient (Wildman–Crippen LogP) is 1.95. The summed E-state index contributed by atoms with van der Waals surface area (Å²) in [6.07, 6.45) is 8.06. The minimum atomic E-state index is -0.286. The van der Waals surface area contributed by atoms with E-state index < -0.39 is 0 Å². The molecule has 0 unspecified atom stereocenters. The predicted molar refractivity (Wildman–Crippen MR) is 77.6 cm³/mol. The minimum absolute atomic E-state index is 0.00910. The highest BCUT2D eigenvalue weighted by molar-refractivity contribution is 5.96. The van der Waals surface area contributed by atoms with Crippen LogP contribution in [-0.4, -0.2) is 24.4 Å². The molecule has 0 saturated heterocycles. The molecule has 0 spiro atoms. The van der Waals surface area contributed by atoms with Gasteiger partial charge in [-0.3, -0.25) is 9.59 Å². The number of carbonyl (C=O) groups is 2. The summed E-state index contributed by atoms with van der Waals surface area (Å²) in [4.78, 5) is 23.6. The van der Waals surface area contributed by atoms with Gasteiger partial charge in [0.25, 0.3) is 5.91 Å². The van der Waals surface area contributed by atoms with Crippen LogP contribution >= 0.6 is 0 Å². The third-order valence-corrected chi connectivity index (χ3v) is 5.02. The molecule has 2 N–H and O–H groups in total. The van der Waals surface area contributed by atoms with E-state index in [1.165, 1.54) is 38.2 Å². The summed E-state index contributed by atoms with van der Waals surface area (Å²) in [6.45, 7) is 2.09. The molecule has 114 valence electrons. The van der Waals surface area contributed by atoms with Crippen molar-refractivity contribution >= 4 is 11.8 Å². The van der Waals surface area contributed by atoms with Gasteiger partial charge in [-0.1, -0.05) is 6.42 Å². The number of nitrogens with one attached hydrogen (secondary N) is 2. The maximum atomic E-state index is 11.9. The Hall–Kier alpha value is -1.78. The Labute approximate surface area is 124 Å². The van der Waals surface area contributed by atoms with Gasteiger partial charge in [-0.15, -0.1) is 0 Å². The van der Waals surface area contributed by atoms with Gasteiger partial charge in [0, 0.05) is 6.04 Å². The molecular weight excluding hydrogens is 268 g/mol. The molecule has 5 nitrogen and oxygen atoms in total. The van der Waals surface area contributed by atoms with Crippen LogP contribution in [0.4, 0.5) is 0 Å². The smallest absolute Gasteiger partial charge is 0.254 e. The number of hydrogen-bond acceptors (Lipinski definition) is 3. The van der Waals surface area contributed by atoms with Crippen molar-refractivity contribution in [2.45, 2.75) is 38.6 Å². The molecule has 1 aromatic rings. The van der Waals surface area contributed by atoms with Crippen molar-refractivity contribution < 1.29 is 14.0 Å². The lowest BCUT2D eigenvalue weighted by molar-refractivity contribution is -0.121. The van der Waals surface area contributed by atoms with Crippen LogP contribution in [0.15, 0.2) is 23.0 Å². The number of amides is 2. The zero-order chi connectivity index (χ0) is 14.8. The molecule has 0 aliphatic heterocycles. The first-order valence-corrected chi connectivity index (χ1v) is 7.73. The largest absolute Gasteiger partial charge is 0.472 e. The fourth-order valence-electron chi connectivity index (χ4n) is 3.97. The SMILES string of the molecule is C[C@H](NC(=O)CNC(=O)c1ccoc1)[C@@H]1C[C@H]2CC[C@H]1C2. The van der Waals surface area contributed by atoms with Crippen LogP contribution in [-0.2, 0) is 4.79 Å². The lowest BCUT2D eigenvalue weighted by Gasteiger charge is -2.28. The van der Waals surface area contributed by atoms with E-state index >= 15 is 0 Å². The molecule has 2 amide bonds. The van der Waals surface area contributed by atoms with Crippen LogP contribution in [0.2, 0.25) is 0 Å². The summed E-state index contributed by atoms with van der Waals surface area (Å²) >= 11 is 0. The molecule has 2 fully saturated rings. The van der Waals surface area contributed by atoms with Crippen molar-refractivity contribution in [3.05, 3.63) is 24.2 Å². The standard InChI is InChI=1S/C16H22N2O3/c1-10(14-7-11-2-3-12(14)6-11)18-15(19)8-17-16(20)13-4-5-21-9-13/h4-5,9-12,14H,2-3,6-8H2,1H3,(H,17,20)(H,18,19)/t10-,11-,12-,14-/m0/s1. The maximum absolute atomic E-state index is 11.9. The molecule has 0 radical (unpaired) electrons. The molecule has 2 bridgehead atoms. The van der Waals surface area contributed by atoms with Gasteiger partial charge in [0.05, 0.1) is 18.4 Å². The molecule has 2 saturated carbocycles. The van der Waals surface area contributed by atoms with Crippen molar-refractivity contribution in [1.29, 1.82) is 0 Å². The van der Waals surface area contributed by atoms with E-state index in [0.717, 1.165) is 11.8 Å². The lowest BCUT2D eigenvalue weighted by atomic mass is 9.84. The zero-order valence-corrected chi connectivity index (χ0v) is 12.3. The summed E-state index contributed by atoms with van der Waals surface area (Å²) in [6, 6.07) is 1.77. The van der Waals surface area contributed by atoms with E-state index in [1.54, 1.807) is 6.07 Å². The zero-order valence-electron chi connectivity index (χ0n) is 12.3. The topological polar surface area (TPSA) is 71.3 Å². The quantitative estimate of drug-likeness (QED) is 0.870. The van der Waals surface area contributed by atoms with Gasteiger partial charge < -0.3 is 15.1 Å². The molecule has 3 rings (SSSR count). The average Bonchev–Trinajstić information content (AvgIpc) is 3.20. The Morgan fingerprint density at radius 1 is 1.38 bits per heavy atom. The van der Waals surface area contributed by atoms with Crippen molar-refractivity contribution in [2.24, 2.45) is 17.8 Å². The lowest BCUT2D eigenvalue weighted by Crippen LogP contribution is -2.44. The Morgan fingerprint density at radius 2 is 2.24 bits per heavy atom. The first kappa shape index (κ1) is 14.2. The van der Waals surface area contributed by atoms with E-state index in [4.69, 9.17) is 4.42 Å². The molecule has 21 heavy (non-hydrogen) atoms. The van der Waals surface area contributed by atoms with E-state index in [0.29, 0.717) is 11.5 Å². The molecule has 1 heterocycles. The number of rotatable bonds is 5. The minimum Gasteiger partial charge on any atom is -0.472 e. The maximum Gasteiger partial charge on any atom is 0.254 e. The number of furan rings is 1. The molecular formula is C16H22N2O3. The van der Waals surface area contributed by atoms with Gasteiger partial charge in [-0.05, 0) is 50.0 Å². The summed E-state index contributed by atoms with van der Waals surface area (Å²) in [7, 11) is 0. The van der Waals surface area contributed by atoms with Crippen LogP contribution in [0, 0.1) is 17.8 Å². The molecule has 2 aliphatic carbocycles. The van der Waals surface area contributed by atoms with Gasteiger partial charge >= 0.3 is 0 Å². The van der Waals surface area contributed by atoms with Gasteiger partial charge in [0.15, 0.2) is 0 Å². The summed E-state index contributed by atoms with van der Waals surface area (Å²) in [5, 5.41) is 5.63. The van der Waals surface area contributed by atoms with Gasteiger partial charge in [0.1, 0.15) is 6.26 Å². The monoisotopic (exact) mass is 290 g/mol. The third kappa shape index (κ3) is 3.12. The van der Waals surface area contributed by atoms with Crippen LogP contribution in [0.1, 0.15) is 43.0 Å². The second-order valence-electron chi connectivity index (χ2n) is 6.39. The van der Waals surface area contributed by atoms with Crippen molar-refractivity contribution in [3.8, 4) is 0 Å². The summed E-state index contributed by atoms with van der Waals surface area (Å²) in [5.41, 5.74) is 0.434. The summed E-state index contributed by atoms with van der Waals surface area (Å²) in [5.74, 6) is 1.86. The highest BCUT2D eigenvalue weighted by Gasteiger charge is 2.42. The van der Waals surface area contributed by atoms with Gasteiger partial charge in [-0.2, -0.15) is 0 Å². The van der Waals surface area contributed by atoms with Gasteiger partial charge in [0.2, 0.25) is 5.91 Å². The summed E-state index contributed by atoms with van der Waals surface area (Å²) < 4.78 is 4.84. The highest BCUT2D eigenvalue weighted by atomic mass is 16.3. The van der Waals surface area contributed by atoms with Gasteiger partial charge in [-0.25, -0.2) is 0 Å². The molecule has 1 aromatic heterocycles. The van der Waals surface area contributed by atoms with Crippen LogP contribution in [0.3, 0.4) is 0 Å². The first-order chi connectivity index (χ1) is 10.1. The van der Waals surface area contributed by atoms with E-state index in [-0.39, 0.29) is 24.4 Å². The van der Waals surface area contributed by atoms with E-state index in [2.05, 4.69) is 17.6 Å². The fourth-order valence-corrected chi connectivity index (χ4v) is 3.97. The Kier molecular flexibility index (Phi) is 3.99. The molecule has 0 aromatic carbocycles. The third-order valence-electron chi connectivity index (χ3n) is 5.02. The Morgan fingerprint density at radius 3 is 2.86 bits per heavy atom. The number of hydrogen-bond donors (Lipinski definition) is 2. The average molecular weight is 290 g/mol. The fraction of sp³-hybridized carbons (Fsp3) is 0.625. The van der Waals surface area contributed by atoms with Crippen LogP contribution < -0.4 is 10.6 Å². The molecule has 5 heteroatoms. The molecule has 2 aliphatic rings. The van der Waals surface area contributed by atoms with Crippen molar-refractivity contribution in [2.75, 3.05) is 6.54 Å².